The van der Waals surface area contributed by atoms with Crippen molar-refractivity contribution in [2.75, 3.05) is 26.8 Å². The van der Waals surface area contributed by atoms with Crippen molar-refractivity contribution in [1.29, 1.82) is 0 Å². The largest absolute Gasteiger partial charge is 0.383 e. The van der Waals surface area contributed by atoms with E-state index in [2.05, 4.69) is 37.4 Å². The van der Waals surface area contributed by atoms with Crippen LogP contribution in [-0.2, 0) is 17.2 Å². The number of methoxy groups -OCH3 is 1. The van der Waals surface area contributed by atoms with Crippen LogP contribution < -0.4 is 11.1 Å². The Bertz CT molecular complexity index is 368. The van der Waals surface area contributed by atoms with E-state index in [0.29, 0.717) is 13.2 Å². The average molecular weight is 254 g/mol. The third kappa shape index (κ3) is 3.80. The van der Waals surface area contributed by atoms with Crippen LogP contribution in [0.3, 0.4) is 0 Å². The molecule has 1 atom stereocenters. The van der Waals surface area contributed by atoms with Crippen molar-refractivity contribution in [1.82, 2.24) is 15.1 Å². The van der Waals surface area contributed by atoms with Crippen molar-refractivity contribution in [3.8, 4) is 0 Å². The SMILES string of the molecule is COCCNC(CN)c1cn(C)nc1C(C)(C)C. The van der Waals surface area contributed by atoms with Crippen LogP contribution in [0.15, 0.2) is 6.20 Å². The van der Waals surface area contributed by atoms with Gasteiger partial charge < -0.3 is 15.8 Å². The van der Waals surface area contributed by atoms with Gasteiger partial charge in [-0.3, -0.25) is 4.68 Å². The predicted molar refractivity (Wildman–Crippen MR) is 73.6 cm³/mol. The quantitative estimate of drug-likeness (QED) is 0.742. The highest BCUT2D eigenvalue weighted by molar-refractivity contribution is 5.27. The molecule has 0 aliphatic heterocycles. The van der Waals surface area contributed by atoms with Crippen LogP contribution in [0.2, 0.25) is 0 Å². The zero-order valence-electron chi connectivity index (χ0n) is 12.2. The molecule has 1 heterocycles. The van der Waals surface area contributed by atoms with E-state index in [4.69, 9.17) is 10.5 Å². The Kier molecular flexibility index (Phi) is 5.31. The van der Waals surface area contributed by atoms with Gasteiger partial charge in [0.05, 0.1) is 12.3 Å². The van der Waals surface area contributed by atoms with Crippen LogP contribution in [0, 0.1) is 0 Å². The summed E-state index contributed by atoms with van der Waals surface area (Å²) in [6, 6.07) is 0.128. The number of hydrogen-bond acceptors (Lipinski definition) is 4. The normalized spacial score (nSPS) is 13.9. The summed E-state index contributed by atoms with van der Waals surface area (Å²) >= 11 is 0. The van der Waals surface area contributed by atoms with Crippen molar-refractivity contribution in [3.63, 3.8) is 0 Å². The first-order chi connectivity index (χ1) is 8.40. The molecule has 1 aromatic rings. The third-order valence-electron chi connectivity index (χ3n) is 2.88. The Morgan fingerprint density at radius 3 is 2.67 bits per heavy atom. The molecule has 0 bridgehead atoms. The molecule has 1 rings (SSSR count). The summed E-state index contributed by atoms with van der Waals surface area (Å²) in [5.74, 6) is 0. The van der Waals surface area contributed by atoms with Crippen LogP contribution in [-0.4, -0.2) is 36.6 Å². The van der Waals surface area contributed by atoms with Gasteiger partial charge in [-0.2, -0.15) is 5.10 Å². The molecule has 5 heteroatoms. The zero-order valence-corrected chi connectivity index (χ0v) is 12.2. The number of ether oxygens (including phenoxy) is 1. The molecule has 104 valence electrons. The summed E-state index contributed by atoms with van der Waals surface area (Å²) < 4.78 is 6.91. The van der Waals surface area contributed by atoms with E-state index in [9.17, 15) is 0 Å². The minimum Gasteiger partial charge on any atom is -0.383 e. The first-order valence-electron chi connectivity index (χ1n) is 6.36. The lowest BCUT2D eigenvalue weighted by Crippen LogP contribution is -2.32. The van der Waals surface area contributed by atoms with Crippen LogP contribution in [0.1, 0.15) is 38.1 Å². The molecule has 3 N–H and O–H groups in total. The maximum absolute atomic E-state index is 5.87. The standard InChI is InChI=1S/C13H26N4O/c1-13(2,3)12-10(9-17(4)16-12)11(8-14)15-6-7-18-5/h9,11,15H,6-8,14H2,1-5H3. The van der Waals surface area contributed by atoms with Crippen molar-refractivity contribution >= 4 is 0 Å². The maximum atomic E-state index is 5.87. The van der Waals surface area contributed by atoms with E-state index in [1.165, 1.54) is 5.56 Å². The Labute approximate surface area is 110 Å². The summed E-state index contributed by atoms with van der Waals surface area (Å²) in [5, 5.41) is 7.98. The van der Waals surface area contributed by atoms with Gasteiger partial charge in [-0.05, 0) is 0 Å². The van der Waals surface area contributed by atoms with Gasteiger partial charge in [0.15, 0.2) is 0 Å². The highest BCUT2D eigenvalue weighted by Gasteiger charge is 2.25. The van der Waals surface area contributed by atoms with E-state index in [0.717, 1.165) is 12.2 Å². The van der Waals surface area contributed by atoms with Crippen LogP contribution >= 0.6 is 0 Å². The summed E-state index contributed by atoms with van der Waals surface area (Å²) in [5.41, 5.74) is 8.17. The molecule has 0 radical (unpaired) electrons. The van der Waals surface area contributed by atoms with E-state index >= 15 is 0 Å². The number of hydrogen-bond donors (Lipinski definition) is 2. The number of nitrogens with two attached hydrogens (primary N) is 1. The Morgan fingerprint density at radius 1 is 1.50 bits per heavy atom. The van der Waals surface area contributed by atoms with E-state index in [1.807, 2.05) is 11.7 Å². The number of nitrogens with zero attached hydrogens (tertiary/aromatic N) is 2. The highest BCUT2D eigenvalue weighted by Crippen LogP contribution is 2.27. The monoisotopic (exact) mass is 254 g/mol. The number of rotatable bonds is 6. The first kappa shape index (κ1) is 15.1. The second-order valence-corrected chi connectivity index (χ2v) is 5.59. The smallest absolute Gasteiger partial charge is 0.0726 e. The third-order valence-corrected chi connectivity index (χ3v) is 2.88. The van der Waals surface area contributed by atoms with Gasteiger partial charge in [0.25, 0.3) is 0 Å². The molecule has 5 nitrogen and oxygen atoms in total. The van der Waals surface area contributed by atoms with Gasteiger partial charge in [0, 0.05) is 50.5 Å². The van der Waals surface area contributed by atoms with Gasteiger partial charge in [-0.1, -0.05) is 20.8 Å². The first-order valence-corrected chi connectivity index (χ1v) is 6.36. The molecule has 0 amide bonds. The number of aromatic nitrogens is 2. The second-order valence-electron chi connectivity index (χ2n) is 5.59. The topological polar surface area (TPSA) is 65.1 Å². The molecule has 1 aromatic heterocycles. The van der Waals surface area contributed by atoms with E-state index in [-0.39, 0.29) is 11.5 Å². The van der Waals surface area contributed by atoms with Gasteiger partial charge in [0.1, 0.15) is 0 Å². The molecule has 0 fully saturated rings. The van der Waals surface area contributed by atoms with Crippen molar-refractivity contribution in [3.05, 3.63) is 17.5 Å². The summed E-state index contributed by atoms with van der Waals surface area (Å²) in [6.07, 6.45) is 2.05. The second kappa shape index (κ2) is 6.31. The van der Waals surface area contributed by atoms with Crippen LogP contribution in [0.5, 0.6) is 0 Å². The fourth-order valence-electron chi connectivity index (χ4n) is 2.00. The highest BCUT2D eigenvalue weighted by atomic mass is 16.5. The molecule has 0 aliphatic carbocycles. The molecule has 0 saturated heterocycles. The maximum Gasteiger partial charge on any atom is 0.0726 e. The van der Waals surface area contributed by atoms with Crippen molar-refractivity contribution in [2.24, 2.45) is 12.8 Å². The van der Waals surface area contributed by atoms with Crippen molar-refractivity contribution < 1.29 is 4.74 Å². The lowest BCUT2D eigenvalue weighted by Gasteiger charge is -2.22. The fourth-order valence-corrected chi connectivity index (χ4v) is 2.00. The van der Waals surface area contributed by atoms with Crippen LogP contribution in [0.4, 0.5) is 0 Å². The lowest BCUT2D eigenvalue weighted by atomic mass is 9.87. The molecule has 1 unspecified atom stereocenters. The Balaban J connectivity index is 2.91. The molecule has 0 aromatic carbocycles. The van der Waals surface area contributed by atoms with E-state index < -0.39 is 0 Å². The number of nitrogens with one attached hydrogen (secondary N) is 1. The van der Waals surface area contributed by atoms with Gasteiger partial charge >= 0.3 is 0 Å². The molecule has 0 spiro atoms. The van der Waals surface area contributed by atoms with Crippen LogP contribution in [0.25, 0.3) is 0 Å². The Morgan fingerprint density at radius 2 is 2.17 bits per heavy atom. The molecular formula is C13H26N4O. The van der Waals surface area contributed by atoms with Gasteiger partial charge in [-0.25, -0.2) is 0 Å². The van der Waals surface area contributed by atoms with Crippen molar-refractivity contribution in [2.45, 2.75) is 32.2 Å². The minimum atomic E-state index is 0.0208. The summed E-state index contributed by atoms with van der Waals surface area (Å²) in [4.78, 5) is 0. The Hall–Kier alpha value is -0.910. The molecule has 0 aliphatic rings. The number of aryl methyl sites for hydroxylation is 1. The fraction of sp³-hybridized carbons (Fsp3) is 0.769. The van der Waals surface area contributed by atoms with Gasteiger partial charge in [-0.15, -0.1) is 0 Å². The minimum absolute atomic E-state index is 0.0208. The summed E-state index contributed by atoms with van der Waals surface area (Å²) in [6.45, 7) is 8.53. The molecular weight excluding hydrogens is 228 g/mol. The predicted octanol–water partition coefficient (Wildman–Crippen LogP) is 0.953. The molecule has 18 heavy (non-hydrogen) atoms. The lowest BCUT2D eigenvalue weighted by molar-refractivity contribution is 0.196. The molecule has 0 saturated carbocycles. The summed E-state index contributed by atoms with van der Waals surface area (Å²) in [7, 11) is 3.64. The zero-order chi connectivity index (χ0) is 13.8. The van der Waals surface area contributed by atoms with Gasteiger partial charge in [0.2, 0.25) is 0 Å². The average Bonchev–Trinajstić information content (AvgIpc) is 2.66. The van der Waals surface area contributed by atoms with E-state index in [1.54, 1.807) is 7.11 Å².